The molecule has 6 heteroatoms. The van der Waals surface area contributed by atoms with E-state index in [1.807, 2.05) is 11.8 Å². The number of nitrogens with zero attached hydrogens (tertiary/aromatic N) is 3. The lowest BCUT2D eigenvalue weighted by atomic mass is 10.00. The molecule has 0 spiro atoms. The molecule has 0 unspecified atom stereocenters. The van der Waals surface area contributed by atoms with Crippen LogP contribution in [-0.2, 0) is 4.79 Å². The van der Waals surface area contributed by atoms with Gasteiger partial charge in [0.1, 0.15) is 11.6 Å². The van der Waals surface area contributed by atoms with Crippen molar-refractivity contribution in [1.29, 1.82) is 0 Å². The molecule has 1 aliphatic heterocycles. The summed E-state index contributed by atoms with van der Waals surface area (Å²) in [5.74, 6) is 0.895. The van der Waals surface area contributed by atoms with E-state index in [0.717, 1.165) is 11.4 Å². The van der Waals surface area contributed by atoms with Gasteiger partial charge in [-0.25, -0.2) is 4.98 Å². The van der Waals surface area contributed by atoms with Crippen LogP contribution in [0.5, 0.6) is 5.88 Å². The van der Waals surface area contributed by atoms with Crippen LogP contribution >= 0.6 is 0 Å². The van der Waals surface area contributed by atoms with Gasteiger partial charge in [-0.3, -0.25) is 4.79 Å². The van der Waals surface area contributed by atoms with Crippen LogP contribution in [-0.4, -0.2) is 41.2 Å². The molecule has 92 valence electrons. The lowest BCUT2D eigenvalue weighted by molar-refractivity contribution is -0.142. The van der Waals surface area contributed by atoms with Gasteiger partial charge in [0.2, 0.25) is 5.88 Å². The zero-order valence-corrected chi connectivity index (χ0v) is 10.1. The second-order valence-corrected chi connectivity index (χ2v) is 4.17. The van der Waals surface area contributed by atoms with E-state index in [9.17, 15) is 4.79 Å². The monoisotopic (exact) mass is 237 g/mol. The molecule has 0 radical (unpaired) electrons. The summed E-state index contributed by atoms with van der Waals surface area (Å²) < 4.78 is 5.17. The highest BCUT2D eigenvalue weighted by molar-refractivity contribution is 5.74. The zero-order valence-electron chi connectivity index (χ0n) is 10.1. The van der Waals surface area contributed by atoms with Gasteiger partial charge in [-0.15, -0.1) is 0 Å². The minimum atomic E-state index is -0.753. The first-order valence-corrected chi connectivity index (χ1v) is 5.40. The van der Waals surface area contributed by atoms with Crippen molar-refractivity contribution in [2.75, 3.05) is 25.1 Å². The Morgan fingerprint density at radius 1 is 1.41 bits per heavy atom. The predicted octanol–water partition coefficient (Wildman–Crippen LogP) is 0.623. The molecule has 1 aromatic heterocycles. The first-order valence-electron chi connectivity index (χ1n) is 5.40. The van der Waals surface area contributed by atoms with Crippen LogP contribution in [0.25, 0.3) is 0 Å². The third kappa shape index (κ3) is 2.02. The smallest absolute Gasteiger partial charge is 0.310 e. The summed E-state index contributed by atoms with van der Waals surface area (Å²) in [6, 6.07) is 0. The molecule has 1 aromatic rings. The SMILES string of the molecule is COc1nc(C)nc(N2CC(C(=O)O)C2)c1C. The summed E-state index contributed by atoms with van der Waals surface area (Å²) >= 11 is 0. The Bertz CT molecular complexity index is 456. The number of aryl methyl sites for hydroxylation is 1. The lowest BCUT2D eigenvalue weighted by Gasteiger charge is -2.38. The second kappa shape index (κ2) is 4.20. The fourth-order valence-corrected chi connectivity index (χ4v) is 1.90. The maximum atomic E-state index is 10.7. The minimum Gasteiger partial charge on any atom is -0.481 e. The largest absolute Gasteiger partial charge is 0.481 e. The van der Waals surface area contributed by atoms with Crippen molar-refractivity contribution in [1.82, 2.24) is 9.97 Å². The number of carbonyl (C=O) groups is 1. The number of hydrogen-bond acceptors (Lipinski definition) is 5. The maximum Gasteiger partial charge on any atom is 0.310 e. The Balaban J connectivity index is 2.23. The van der Waals surface area contributed by atoms with E-state index in [-0.39, 0.29) is 5.92 Å². The molecule has 6 nitrogen and oxygen atoms in total. The fraction of sp³-hybridized carbons (Fsp3) is 0.545. The molecule has 1 aliphatic rings. The van der Waals surface area contributed by atoms with Crippen LogP contribution in [0.3, 0.4) is 0 Å². The Morgan fingerprint density at radius 2 is 2.06 bits per heavy atom. The highest BCUT2D eigenvalue weighted by atomic mass is 16.5. The molecular weight excluding hydrogens is 222 g/mol. The van der Waals surface area contributed by atoms with Crippen LogP contribution in [0.4, 0.5) is 5.82 Å². The van der Waals surface area contributed by atoms with Crippen molar-refractivity contribution in [3.63, 3.8) is 0 Å². The first-order chi connectivity index (χ1) is 8.02. The van der Waals surface area contributed by atoms with Gasteiger partial charge in [-0.2, -0.15) is 4.98 Å². The second-order valence-electron chi connectivity index (χ2n) is 4.17. The van der Waals surface area contributed by atoms with Crippen LogP contribution in [0, 0.1) is 19.8 Å². The highest BCUT2D eigenvalue weighted by Crippen LogP contribution is 2.30. The van der Waals surface area contributed by atoms with Gasteiger partial charge in [0, 0.05) is 13.1 Å². The van der Waals surface area contributed by atoms with Crippen molar-refractivity contribution < 1.29 is 14.6 Å². The van der Waals surface area contributed by atoms with Crippen molar-refractivity contribution in [2.45, 2.75) is 13.8 Å². The molecule has 0 saturated carbocycles. The number of carboxylic acid groups (broad SMARTS) is 1. The number of methoxy groups -OCH3 is 1. The Hall–Kier alpha value is -1.85. The Morgan fingerprint density at radius 3 is 2.59 bits per heavy atom. The number of rotatable bonds is 3. The molecule has 0 atom stereocenters. The summed E-state index contributed by atoms with van der Waals surface area (Å²) in [5, 5.41) is 8.84. The summed E-state index contributed by atoms with van der Waals surface area (Å²) in [4.78, 5) is 21.2. The van der Waals surface area contributed by atoms with Crippen LogP contribution in [0.2, 0.25) is 0 Å². The van der Waals surface area contributed by atoms with E-state index in [1.165, 1.54) is 0 Å². The Labute approximate surface area is 99.2 Å². The van der Waals surface area contributed by atoms with Gasteiger partial charge in [-0.1, -0.05) is 0 Å². The predicted molar refractivity (Wildman–Crippen MR) is 61.4 cm³/mol. The van der Waals surface area contributed by atoms with Crippen molar-refractivity contribution in [3.05, 3.63) is 11.4 Å². The van der Waals surface area contributed by atoms with Crippen LogP contribution < -0.4 is 9.64 Å². The Kier molecular flexibility index (Phi) is 2.87. The van der Waals surface area contributed by atoms with Gasteiger partial charge in [-0.05, 0) is 13.8 Å². The molecular formula is C11H15N3O3. The molecule has 1 N–H and O–H groups in total. The van der Waals surface area contributed by atoms with Gasteiger partial charge in [0.05, 0.1) is 18.6 Å². The maximum absolute atomic E-state index is 10.7. The number of anilines is 1. The summed E-state index contributed by atoms with van der Waals surface area (Å²) in [6.07, 6.45) is 0. The highest BCUT2D eigenvalue weighted by Gasteiger charge is 2.34. The third-order valence-electron chi connectivity index (χ3n) is 2.91. The normalized spacial score (nSPS) is 15.6. The molecule has 17 heavy (non-hydrogen) atoms. The number of aromatic nitrogens is 2. The fourth-order valence-electron chi connectivity index (χ4n) is 1.90. The molecule has 0 amide bonds. The van der Waals surface area contributed by atoms with E-state index >= 15 is 0 Å². The summed E-state index contributed by atoms with van der Waals surface area (Å²) in [5.41, 5.74) is 0.849. The lowest BCUT2D eigenvalue weighted by Crippen LogP contribution is -2.51. The number of hydrogen-bond donors (Lipinski definition) is 1. The van der Waals surface area contributed by atoms with Gasteiger partial charge >= 0.3 is 5.97 Å². The van der Waals surface area contributed by atoms with Crippen LogP contribution in [0.1, 0.15) is 11.4 Å². The minimum absolute atomic E-state index is 0.296. The molecule has 1 fully saturated rings. The van der Waals surface area contributed by atoms with E-state index < -0.39 is 5.97 Å². The first kappa shape index (κ1) is 11.6. The van der Waals surface area contributed by atoms with Gasteiger partial charge in [0.15, 0.2) is 0 Å². The number of carboxylic acids is 1. The van der Waals surface area contributed by atoms with Crippen molar-refractivity contribution in [3.8, 4) is 5.88 Å². The molecule has 0 aliphatic carbocycles. The van der Waals surface area contributed by atoms with Gasteiger partial charge < -0.3 is 14.7 Å². The van der Waals surface area contributed by atoms with Crippen molar-refractivity contribution in [2.24, 2.45) is 5.92 Å². The number of ether oxygens (including phenoxy) is 1. The molecule has 2 rings (SSSR count). The molecule has 1 saturated heterocycles. The van der Waals surface area contributed by atoms with E-state index in [1.54, 1.807) is 14.0 Å². The van der Waals surface area contributed by atoms with E-state index in [4.69, 9.17) is 9.84 Å². The van der Waals surface area contributed by atoms with E-state index in [2.05, 4.69) is 9.97 Å². The third-order valence-corrected chi connectivity index (χ3v) is 2.91. The zero-order chi connectivity index (χ0) is 12.6. The summed E-state index contributed by atoms with van der Waals surface area (Å²) in [7, 11) is 1.56. The standard InChI is InChI=1S/C11H15N3O3/c1-6-9(12-7(2)13-10(6)17-3)14-4-8(5-14)11(15)16/h8H,4-5H2,1-3H3,(H,15,16). The topological polar surface area (TPSA) is 75.6 Å². The van der Waals surface area contributed by atoms with Crippen LogP contribution in [0.15, 0.2) is 0 Å². The molecule has 2 heterocycles. The average Bonchev–Trinajstić information content (AvgIpc) is 2.19. The van der Waals surface area contributed by atoms with Crippen molar-refractivity contribution >= 4 is 11.8 Å². The van der Waals surface area contributed by atoms with E-state index in [0.29, 0.717) is 24.8 Å². The average molecular weight is 237 g/mol. The van der Waals surface area contributed by atoms with Gasteiger partial charge in [0.25, 0.3) is 0 Å². The number of aliphatic carboxylic acids is 1. The summed E-state index contributed by atoms with van der Waals surface area (Å²) in [6.45, 7) is 4.66. The quantitative estimate of drug-likeness (QED) is 0.830. The molecule has 0 bridgehead atoms. The molecule has 0 aromatic carbocycles.